The zero-order chi connectivity index (χ0) is 16.6. The normalized spacial score (nSPS) is 10.2. The minimum atomic E-state index is 0.00980. The highest BCUT2D eigenvalue weighted by Gasteiger charge is 2.04. The van der Waals surface area contributed by atoms with Crippen molar-refractivity contribution in [2.75, 3.05) is 5.32 Å². The van der Waals surface area contributed by atoms with Crippen molar-refractivity contribution >= 4 is 11.6 Å². The van der Waals surface area contributed by atoms with Gasteiger partial charge in [-0.3, -0.25) is 4.79 Å². The number of ether oxygens (including phenoxy) is 1. The fourth-order valence-corrected chi connectivity index (χ4v) is 2.36. The summed E-state index contributed by atoms with van der Waals surface area (Å²) in [7, 11) is 0. The molecule has 3 heteroatoms. The molecule has 0 spiro atoms. The van der Waals surface area contributed by atoms with Crippen LogP contribution in [0.1, 0.15) is 12.0 Å². The molecule has 0 saturated carbocycles. The van der Waals surface area contributed by atoms with Crippen LogP contribution in [-0.2, 0) is 11.2 Å². The van der Waals surface area contributed by atoms with Crippen LogP contribution in [0.4, 0.5) is 5.69 Å². The van der Waals surface area contributed by atoms with Gasteiger partial charge in [0.15, 0.2) is 0 Å². The Bertz CT molecular complexity index is 768. The van der Waals surface area contributed by atoms with E-state index in [4.69, 9.17) is 4.74 Å². The van der Waals surface area contributed by atoms with Crippen LogP contribution >= 0.6 is 0 Å². The topological polar surface area (TPSA) is 38.3 Å². The molecule has 0 bridgehead atoms. The van der Waals surface area contributed by atoms with E-state index >= 15 is 0 Å². The summed E-state index contributed by atoms with van der Waals surface area (Å²) >= 11 is 0. The molecule has 1 amide bonds. The van der Waals surface area contributed by atoms with E-state index in [1.54, 1.807) is 0 Å². The number of aryl methyl sites for hydroxylation is 1. The van der Waals surface area contributed by atoms with Gasteiger partial charge in [-0.1, -0.05) is 48.5 Å². The number of amides is 1. The maximum Gasteiger partial charge on any atom is 0.224 e. The monoisotopic (exact) mass is 317 g/mol. The fourth-order valence-electron chi connectivity index (χ4n) is 2.36. The second-order valence-corrected chi connectivity index (χ2v) is 5.47. The maximum absolute atomic E-state index is 12.0. The van der Waals surface area contributed by atoms with E-state index < -0.39 is 0 Å². The predicted molar refractivity (Wildman–Crippen MR) is 96.4 cm³/mol. The molecule has 0 radical (unpaired) electrons. The molecule has 0 atom stereocenters. The first kappa shape index (κ1) is 15.8. The minimum absolute atomic E-state index is 0.00980. The lowest BCUT2D eigenvalue weighted by Crippen LogP contribution is -2.12. The van der Waals surface area contributed by atoms with Gasteiger partial charge in [0.1, 0.15) is 11.5 Å². The summed E-state index contributed by atoms with van der Waals surface area (Å²) in [5.74, 6) is 1.54. The number of hydrogen-bond acceptors (Lipinski definition) is 2. The van der Waals surface area contributed by atoms with Gasteiger partial charge in [0.05, 0.1) is 0 Å². The van der Waals surface area contributed by atoms with Crippen LogP contribution in [0.3, 0.4) is 0 Å². The van der Waals surface area contributed by atoms with Gasteiger partial charge in [0, 0.05) is 12.1 Å². The molecule has 24 heavy (non-hydrogen) atoms. The van der Waals surface area contributed by atoms with Crippen LogP contribution in [0, 0.1) is 0 Å². The van der Waals surface area contributed by atoms with Crippen molar-refractivity contribution in [3.05, 3.63) is 90.5 Å². The highest BCUT2D eigenvalue weighted by molar-refractivity contribution is 5.90. The molecule has 0 aliphatic heterocycles. The Balaban J connectivity index is 1.51. The van der Waals surface area contributed by atoms with E-state index in [-0.39, 0.29) is 5.91 Å². The van der Waals surface area contributed by atoms with Crippen LogP contribution in [0.25, 0.3) is 0 Å². The van der Waals surface area contributed by atoms with Gasteiger partial charge in [0.25, 0.3) is 0 Å². The zero-order valence-corrected chi connectivity index (χ0v) is 13.3. The average molecular weight is 317 g/mol. The van der Waals surface area contributed by atoms with Crippen LogP contribution in [0.5, 0.6) is 11.5 Å². The molecular weight excluding hydrogens is 298 g/mol. The van der Waals surface area contributed by atoms with Crippen molar-refractivity contribution in [2.24, 2.45) is 0 Å². The van der Waals surface area contributed by atoms with E-state index in [2.05, 4.69) is 5.32 Å². The number of carbonyl (C=O) groups excluding carboxylic acids is 1. The molecule has 0 heterocycles. The maximum atomic E-state index is 12.0. The van der Waals surface area contributed by atoms with Gasteiger partial charge in [0.2, 0.25) is 5.91 Å². The van der Waals surface area contributed by atoms with Crippen LogP contribution < -0.4 is 10.1 Å². The van der Waals surface area contributed by atoms with Crippen LogP contribution in [0.15, 0.2) is 84.9 Å². The summed E-state index contributed by atoms with van der Waals surface area (Å²) in [6.45, 7) is 0. The molecule has 0 saturated heterocycles. The Morgan fingerprint density at radius 1 is 0.750 bits per heavy atom. The zero-order valence-electron chi connectivity index (χ0n) is 13.3. The summed E-state index contributed by atoms with van der Waals surface area (Å²) in [6.07, 6.45) is 1.20. The van der Waals surface area contributed by atoms with E-state index in [1.165, 1.54) is 5.56 Å². The van der Waals surface area contributed by atoms with Crippen molar-refractivity contribution in [3.63, 3.8) is 0 Å². The van der Waals surface area contributed by atoms with Crippen molar-refractivity contribution in [1.29, 1.82) is 0 Å². The van der Waals surface area contributed by atoms with E-state index in [9.17, 15) is 4.79 Å². The van der Waals surface area contributed by atoms with E-state index in [0.717, 1.165) is 23.6 Å². The van der Waals surface area contributed by atoms with Crippen molar-refractivity contribution < 1.29 is 9.53 Å². The second-order valence-electron chi connectivity index (χ2n) is 5.47. The minimum Gasteiger partial charge on any atom is -0.457 e. The highest BCUT2D eigenvalue weighted by Crippen LogP contribution is 2.22. The van der Waals surface area contributed by atoms with Gasteiger partial charge in [-0.15, -0.1) is 0 Å². The first-order valence-electron chi connectivity index (χ1n) is 7.96. The van der Waals surface area contributed by atoms with Crippen molar-refractivity contribution in [2.45, 2.75) is 12.8 Å². The molecule has 0 unspecified atom stereocenters. The molecule has 3 rings (SSSR count). The summed E-state index contributed by atoms with van der Waals surface area (Å²) in [5, 5.41) is 2.91. The lowest BCUT2D eigenvalue weighted by molar-refractivity contribution is -0.116. The molecule has 120 valence electrons. The highest BCUT2D eigenvalue weighted by atomic mass is 16.5. The van der Waals surface area contributed by atoms with Gasteiger partial charge in [-0.05, 0) is 48.4 Å². The van der Waals surface area contributed by atoms with Crippen LogP contribution in [-0.4, -0.2) is 5.91 Å². The first-order valence-corrected chi connectivity index (χ1v) is 7.96. The summed E-state index contributed by atoms with van der Waals surface area (Å²) < 4.78 is 5.73. The van der Waals surface area contributed by atoms with E-state index in [1.807, 2.05) is 84.9 Å². The Labute approximate surface area is 141 Å². The number of rotatable bonds is 6. The summed E-state index contributed by atoms with van der Waals surface area (Å²) in [4.78, 5) is 12.0. The van der Waals surface area contributed by atoms with E-state index in [0.29, 0.717) is 6.42 Å². The van der Waals surface area contributed by atoms with Crippen LogP contribution in [0.2, 0.25) is 0 Å². The number of para-hydroxylation sites is 1. The largest absolute Gasteiger partial charge is 0.457 e. The number of anilines is 1. The molecule has 0 aliphatic carbocycles. The fraction of sp³-hybridized carbons (Fsp3) is 0.0952. The third-order valence-corrected chi connectivity index (χ3v) is 3.60. The smallest absolute Gasteiger partial charge is 0.224 e. The Hall–Kier alpha value is -3.07. The number of hydrogen-bond donors (Lipinski definition) is 1. The number of nitrogens with one attached hydrogen (secondary N) is 1. The average Bonchev–Trinajstić information content (AvgIpc) is 2.63. The van der Waals surface area contributed by atoms with Gasteiger partial charge in [-0.25, -0.2) is 0 Å². The molecule has 3 aromatic rings. The molecule has 3 nitrogen and oxygen atoms in total. The Morgan fingerprint density at radius 3 is 2.00 bits per heavy atom. The summed E-state index contributed by atoms with van der Waals surface area (Å²) in [5.41, 5.74) is 1.94. The third kappa shape index (κ3) is 4.71. The molecule has 1 N–H and O–H groups in total. The summed E-state index contributed by atoms with van der Waals surface area (Å²) in [6, 6.07) is 27.0. The first-order chi connectivity index (χ1) is 11.8. The molecule has 3 aromatic carbocycles. The quantitative estimate of drug-likeness (QED) is 0.691. The lowest BCUT2D eigenvalue weighted by Gasteiger charge is -2.08. The number of carbonyl (C=O) groups is 1. The Kier molecular flexibility index (Phi) is 5.25. The van der Waals surface area contributed by atoms with Crippen molar-refractivity contribution in [3.8, 4) is 11.5 Å². The third-order valence-electron chi connectivity index (χ3n) is 3.60. The van der Waals surface area contributed by atoms with Gasteiger partial charge >= 0.3 is 0 Å². The lowest BCUT2D eigenvalue weighted by atomic mass is 10.1. The van der Waals surface area contributed by atoms with Gasteiger partial charge in [-0.2, -0.15) is 0 Å². The second kappa shape index (κ2) is 7.97. The predicted octanol–water partition coefficient (Wildman–Crippen LogP) is 5.05. The molecular formula is C21H19NO2. The standard InChI is InChI=1S/C21H19NO2/c23-21(16-11-17-7-3-1-4-8-17)22-18-12-14-20(15-13-18)24-19-9-5-2-6-10-19/h1-10,12-15H,11,16H2,(H,22,23). The molecule has 0 aliphatic rings. The SMILES string of the molecule is O=C(CCc1ccccc1)Nc1ccc(Oc2ccccc2)cc1. The Morgan fingerprint density at radius 2 is 1.33 bits per heavy atom. The number of benzene rings is 3. The van der Waals surface area contributed by atoms with Gasteiger partial charge < -0.3 is 10.1 Å². The van der Waals surface area contributed by atoms with Crippen molar-refractivity contribution in [1.82, 2.24) is 0 Å². The molecule has 0 aromatic heterocycles. The molecule has 0 fully saturated rings.